The van der Waals surface area contributed by atoms with Crippen molar-refractivity contribution in [3.63, 3.8) is 0 Å². The first kappa shape index (κ1) is 17.9. The van der Waals surface area contributed by atoms with E-state index in [0.29, 0.717) is 45.1 Å². The predicted octanol–water partition coefficient (Wildman–Crippen LogP) is 2.42. The number of nitrogens with zero attached hydrogens (tertiary/aromatic N) is 2. The summed E-state index contributed by atoms with van der Waals surface area (Å²) in [5.74, 6) is 0.734. The summed E-state index contributed by atoms with van der Waals surface area (Å²) in [4.78, 5) is 28.5. The van der Waals surface area contributed by atoms with Crippen molar-refractivity contribution in [2.24, 2.45) is 0 Å². The van der Waals surface area contributed by atoms with Crippen LogP contribution < -0.4 is 0 Å². The van der Waals surface area contributed by atoms with Crippen LogP contribution in [-0.2, 0) is 14.3 Å². The van der Waals surface area contributed by atoms with Gasteiger partial charge in [0, 0.05) is 39.0 Å². The summed E-state index contributed by atoms with van der Waals surface area (Å²) in [6.45, 7) is 4.11. The van der Waals surface area contributed by atoms with Gasteiger partial charge in [-0.1, -0.05) is 30.3 Å². The molecule has 1 atom stereocenters. The van der Waals surface area contributed by atoms with Gasteiger partial charge < -0.3 is 14.5 Å². The largest absolute Gasteiger partial charge is 0.378 e. The van der Waals surface area contributed by atoms with Gasteiger partial charge in [-0.05, 0) is 30.7 Å². The minimum Gasteiger partial charge on any atom is -0.378 e. The van der Waals surface area contributed by atoms with Crippen molar-refractivity contribution in [1.29, 1.82) is 0 Å². The van der Waals surface area contributed by atoms with Crippen LogP contribution in [0.5, 0.6) is 0 Å². The summed E-state index contributed by atoms with van der Waals surface area (Å²) in [6, 6.07) is 10.6. The summed E-state index contributed by atoms with van der Waals surface area (Å²) < 4.78 is 5.26. The number of ether oxygens (including phenoxy) is 1. The minimum absolute atomic E-state index is 0.0774. The highest BCUT2D eigenvalue weighted by atomic mass is 16.5. The van der Waals surface area contributed by atoms with Crippen LogP contribution in [0.1, 0.15) is 43.6 Å². The van der Waals surface area contributed by atoms with Crippen LogP contribution in [0.2, 0.25) is 0 Å². The zero-order valence-electron chi connectivity index (χ0n) is 14.9. The van der Waals surface area contributed by atoms with Crippen molar-refractivity contribution in [2.45, 2.75) is 38.0 Å². The maximum Gasteiger partial charge on any atom is 0.223 e. The SMILES string of the molecule is O=C(CCC(=O)N1CCC[C@H](c2ccccc2)CC1)N1CCOCC1. The number of hydrogen-bond donors (Lipinski definition) is 0. The number of likely N-dealkylation sites (tertiary alicyclic amines) is 1. The monoisotopic (exact) mass is 344 g/mol. The molecule has 5 heteroatoms. The van der Waals surface area contributed by atoms with E-state index in [0.717, 1.165) is 32.4 Å². The maximum atomic E-state index is 12.5. The minimum atomic E-state index is 0.0774. The van der Waals surface area contributed by atoms with E-state index in [1.807, 2.05) is 15.9 Å². The standard InChI is InChI=1S/C20H28N2O3/c23-19(8-9-20(24)22-13-15-25-16-14-22)21-11-4-7-18(10-12-21)17-5-2-1-3-6-17/h1-3,5-6,18H,4,7-16H2/t18-/m0/s1. The zero-order valence-corrected chi connectivity index (χ0v) is 14.9. The highest BCUT2D eigenvalue weighted by Crippen LogP contribution is 2.28. The van der Waals surface area contributed by atoms with Crippen molar-refractivity contribution in [1.82, 2.24) is 9.80 Å². The molecular formula is C20H28N2O3. The molecule has 0 spiro atoms. The number of hydrogen-bond acceptors (Lipinski definition) is 3. The number of carbonyl (C=O) groups excluding carboxylic acids is 2. The Labute approximate surface area is 149 Å². The second kappa shape index (κ2) is 8.99. The third-order valence-corrected chi connectivity index (χ3v) is 5.27. The Hall–Kier alpha value is -1.88. The summed E-state index contributed by atoms with van der Waals surface area (Å²) in [5.41, 5.74) is 1.37. The second-order valence-electron chi connectivity index (χ2n) is 6.91. The van der Waals surface area contributed by atoms with E-state index < -0.39 is 0 Å². The van der Waals surface area contributed by atoms with Gasteiger partial charge >= 0.3 is 0 Å². The lowest BCUT2D eigenvalue weighted by atomic mass is 9.92. The number of carbonyl (C=O) groups is 2. The van der Waals surface area contributed by atoms with Crippen LogP contribution >= 0.6 is 0 Å². The Balaban J connectivity index is 1.45. The molecule has 2 heterocycles. The number of benzene rings is 1. The van der Waals surface area contributed by atoms with E-state index in [-0.39, 0.29) is 11.8 Å². The number of amides is 2. The molecule has 0 aromatic heterocycles. The molecule has 0 aliphatic carbocycles. The van der Waals surface area contributed by atoms with Crippen molar-refractivity contribution in [2.75, 3.05) is 39.4 Å². The lowest BCUT2D eigenvalue weighted by Crippen LogP contribution is -2.41. The van der Waals surface area contributed by atoms with Gasteiger partial charge in [0.25, 0.3) is 0 Å². The molecule has 25 heavy (non-hydrogen) atoms. The fraction of sp³-hybridized carbons (Fsp3) is 0.600. The van der Waals surface area contributed by atoms with Crippen molar-refractivity contribution < 1.29 is 14.3 Å². The Morgan fingerprint density at radius 3 is 2.20 bits per heavy atom. The van der Waals surface area contributed by atoms with Crippen LogP contribution in [0.3, 0.4) is 0 Å². The molecule has 2 amide bonds. The van der Waals surface area contributed by atoms with Crippen molar-refractivity contribution >= 4 is 11.8 Å². The number of rotatable bonds is 4. The molecule has 1 aromatic carbocycles. The Bertz CT molecular complexity index is 570. The fourth-order valence-corrected chi connectivity index (χ4v) is 3.75. The van der Waals surface area contributed by atoms with Gasteiger partial charge in [0.15, 0.2) is 0 Å². The van der Waals surface area contributed by atoms with Crippen molar-refractivity contribution in [3.8, 4) is 0 Å². The summed E-state index contributed by atoms with van der Waals surface area (Å²) in [5, 5.41) is 0. The summed E-state index contributed by atoms with van der Waals surface area (Å²) in [7, 11) is 0. The molecule has 1 aromatic rings. The van der Waals surface area contributed by atoms with Crippen molar-refractivity contribution in [3.05, 3.63) is 35.9 Å². The topological polar surface area (TPSA) is 49.9 Å². The highest BCUT2D eigenvalue weighted by molar-refractivity contribution is 5.83. The van der Waals surface area contributed by atoms with E-state index >= 15 is 0 Å². The second-order valence-corrected chi connectivity index (χ2v) is 6.91. The van der Waals surface area contributed by atoms with Crippen LogP contribution in [0.25, 0.3) is 0 Å². The molecule has 2 fully saturated rings. The molecule has 5 nitrogen and oxygen atoms in total. The third-order valence-electron chi connectivity index (χ3n) is 5.27. The molecule has 2 saturated heterocycles. The molecular weight excluding hydrogens is 316 g/mol. The van der Waals surface area contributed by atoms with E-state index in [9.17, 15) is 9.59 Å². The summed E-state index contributed by atoms with van der Waals surface area (Å²) >= 11 is 0. The van der Waals surface area contributed by atoms with Gasteiger partial charge in [0.2, 0.25) is 11.8 Å². The molecule has 0 radical (unpaired) electrons. The molecule has 2 aliphatic heterocycles. The van der Waals surface area contributed by atoms with Crippen LogP contribution in [-0.4, -0.2) is 61.0 Å². The van der Waals surface area contributed by atoms with Gasteiger partial charge in [0.1, 0.15) is 0 Å². The Kier molecular flexibility index (Phi) is 6.45. The Morgan fingerprint density at radius 1 is 0.880 bits per heavy atom. The van der Waals surface area contributed by atoms with Crippen LogP contribution in [0, 0.1) is 0 Å². The lowest BCUT2D eigenvalue weighted by Gasteiger charge is -2.27. The van der Waals surface area contributed by atoms with E-state index in [1.165, 1.54) is 5.56 Å². The van der Waals surface area contributed by atoms with E-state index in [2.05, 4.69) is 24.3 Å². The maximum absolute atomic E-state index is 12.5. The first-order valence-corrected chi connectivity index (χ1v) is 9.42. The first-order valence-electron chi connectivity index (χ1n) is 9.42. The smallest absolute Gasteiger partial charge is 0.223 e. The zero-order chi connectivity index (χ0) is 17.5. The molecule has 0 N–H and O–H groups in total. The molecule has 2 aliphatic rings. The molecule has 3 rings (SSSR count). The van der Waals surface area contributed by atoms with Gasteiger partial charge in [-0.25, -0.2) is 0 Å². The van der Waals surface area contributed by atoms with E-state index in [4.69, 9.17) is 4.74 Å². The first-order chi connectivity index (χ1) is 12.2. The fourth-order valence-electron chi connectivity index (χ4n) is 3.75. The number of morpholine rings is 1. The highest BCUT2D eigenvalue weighted by Gasteiger charge is 2.23. The van der Waals surface area contributed by atoms with Gasteiger partial charge in [-0.2, -0.15) is 0 Å². The van der Waals surface area contributed by atoms with Gasteiger partial charge in [-0.15, -0.1) is 0 Å². The average Bonchev–Trinajstić information content (AvgIpc) is 2.93. The van der Waals surface area contributed by atoms with Gasteiger partial charge in [-0.3, -0.25) is 9.59 Å². The van der Waals surface area contributed by atoms with Crippen LogP contribution in [0.4, 0.5) is 0 Å². The quantitative estimate of drug-likeness (QED) is 0.843. The third kappa shape index (κ3) is 5.05. The Morgan fingerprint density at radius 2 is 1.52 bits per heavy atom. The average molecular weight is 344 g/mol. The molecule has 0 saturated carbocycles. The molecule has 0 unspecified atom stereocenters. The normalized spacial score (nSPS) is 21.7. The van der Waals surface area contributed by atoms with E-state index in [1.54, 1.807) is 0 Å². The van der Waals surface area contributed by atoms with Gasteiger partial charge in [0.05, 0.1) is 13.2 Å². The van der Waals surface area contributed by atoms with Crippen LogP contribution in [0.15, 0.2) is 30.3 Å². The predicted molar refractivity (Wildman–Crippen MR) is 96.2 cm³/mol. The lowest BCUT2D eigenvalue weighted by molar-refractivity contribution is -0.139. The molecule has 136 valence electrons. The summed E-state index contributed by atoms with van der Waals surface area (Å²) in [6.07, 6.45) is 3.81. The molecule has 0 bridgehead atoms.